The maximum Gasteiger partial charge on any atom is 0.126 e. The second-order valence-electron chi connectivity index (χ2n) is 6.56. The maximum atomic E-state index is 12.6. The first-order chi connectivity index (χ1) is 11.8. The van der Waals surface area contributed by atoms with E-state index in [0.717, 1.165) is 51.3 Å². The van der Waals surface area contributed by atoms with Crippen LogP contribution in [0.2, 0.25) is 0 Å². The molecule has 4 heteroatoms. The molecule has 0 saturated carbocycles. The molecule has 2 nitrogen and oxygen atoms in total. The topological polar surface area (TPSA) is 18.5 Å². The van der Waals surface area contributed by atoms with Crippen LogP contribution in [-0.4, -0.2) is 19.8 Å². The lowest BCUT2D eigenvalue weighted by Gasteiger charge is -2.24. The minimum atomic E-state index is 0.293. The Hall–Kier alpha value is -1.52. The van der Waals surface area contributed by atoms with Crippen LogP contribution in [0.1, 0.15) is 41.0 Å². The Kier molecular flexibility index (Phi) is 4.76. The van der Waals surface area contributed by atoms with Gasteiger partial charge in [0.15, 0.2) is 0 Å². The average Bonchev–Trinajstić information content (AvgIpc) is 3.11. The summed E-state index contributed by atoms with van der Waals surface area (Å²) in [7, 11) is 0. The third-order valence-corrected chi connectivity index (χ3v) is 5.40. The molecule has 2 aromatic rings. The van der Waals surface area contributed by atoms with Gasteiger partial charge in [-0.1, -0.05) is 24.3 Å². The molecule has 1 saturated heterocycles. The lowest BCUT2D eigenvalue weighted by atomic mass is 9.87. The van der Waals surface area contributed by atoms with Crippen LogP contribution in [0.5, 0.6) is 5.75 Å². The molecule has 0 N–H and O–H groups in total. The fraction of sp³-hybridized carbons (Fsp3) is 0.400. The lowest BCUT2D eigenvalue weighted by Crippen LogP contribution is -2.15. The fourth-order valence-electron chi connectivity index (χ4n) is 3.71. The van der Waals surface area contributed by atoms with Gasteiger partial charge < -0.3 is 9.47 Å². The second kappa shape index (κ2) is 7.16. The van der Waals surface area contributed by atoms with Gasteiger partial charge in [0, 0.05) is 24.5 Å². The van der Waals surface area contributed by atoms with E-state index in [0.29, 0.717) is 23.0 Å². The molecule has 0 radical (unpaired) electrons. The Morgan fingerprint density at radius 3 is 2.54 bits per heavy atom. The van der Waals surface area contributed by atoms with Crippen molar-refractivity contribution in [3.8, 4) is 5.75 Å². The van der Waals surface area contributed by atoms with E-state index in [4.69, 9.17) is 9.47 Å². The minimum absolute atomic E-state index is 0.293. The summed E-state index contributed by atoms with van der Waals surface area (Å²) in [5, 5.41) is 0. The summed E-state index contributed by atoms with van der Waals surface area (Å²) in [5.74, 6) is 1.66. The van der Waals surface area contributed by atoms with Gasteiger partial charge in [0.05, 0.1) is 18.8 Å². The molecule has 2 aromatic carbocycles. The SMILES string of the molecule is FSc1ccc(Cc2cc3c(c(C4CCOCC4)c2)OCC3)cc1. The van der Waals surface area contributed by atoms with E-state index >= 15 is 0 Å². The lowest BCUT2D eigenvalue weighted by molar-refractivity contribution is 0.0847. The molecule has 126 valence electrons. The van der Waals surface area contributed by atoms with Crippen LogP contribution in [0.15, 0.2) is 41.3 Å². The third kappa shape index (κ3) is 3.31. The zero-order valence-corrected chi connectivity index (χ0v) is 14.4. The molecule has 4 rings (SSSR count). The molecule has 0 spiro atoms. The van der Waals surface area contributed by atoms with Gasteiger partial charge in [-0.15, -0.1) is 0 Å². The molecule has 0 atom stereocenters. The van der Waals surface area contributed by atoms with Gasteiger partial charge in [0.1, 0.15) is 5.75 Å². The van der Waals surface area contributed by atoms with E-state index in [9.17, 15) is 3.89 Å². The third-order valence-electron chi connectivity index (χ3n) is 4.95. The Morgan fingerprint density at radius 1 is 1.00 bits per heavy atom. The van der Waals surface area contributed by atoms with E-state index in [1.807, 2.05) is 24.3 Å². The Labute approximate surface area is 146 Å². The average molecular weight is 344 g/mol. The van der Waals surface area contributed by atoms with Crippen molar-refractivity contribution in [1.82, 2.24) is 0 Å². The largest absolute Gasteiger partial charge is 0.493 e. The highest BCUT2D eigenvalue weighted by molar-refractivity contribution is 7.94. The van der Waals surface area contributed by atoms with E-state index in [2.05, 4.69) is 12.1 Å². The summed E-state index contributed by atoms with van der Waals surface area (Å²) >= 11 is 0.293. The fourth-order valence-corrected chi connectivity index (χ4v) is 3.95. The highest BCUT2D eigenvalue weighted by Gasteiger charge is 2.25. The molecule has 0 unspecified atom stereocenters. The second-order valence-corrected chi connectivity index (χ2v) is 7.18. The summed E-state index contributed by atoms with van der Waals surface area (Å²) in [6, 6.07) is 12.3. The van der Waals surface area contributed by atoms with Gasteiger partial charge >= 0.3 is 0 Å². The van der Waals surface area contributed by atoms with Gasteiger partial charge in [-0.05, 0) is 59.6 Å². The molecule has 0 aliphatic carbocycles. The maximum absolute atomic E-state index is 12.6. The van der Waals surface area contributed by atoms with Crippen molar-refractivity contribution in [3.63, 3.8) is 0 Å². The number of fused-ring (bicyclic) bond motifs is 1. The Balaban J connectivity index is 1.63. The first-order valence-corrected chi connectivity index (χ1v) is 9.29. The Morgan fingerprint density at radius 2 is 1.79 bits per heavy atom. The number of benzene rings is 2. The van der Waals surface area contributed by atoms with Crippen molar-refractivity contribution in [2.24, 2.45) is 0 Å². The standard InChI is InChI=1S/C20H21FO2S/c21-24-18-3-1-14(2-4-18)11-15-12-17-7-10-23-20(17)19(13-15)16-5-8-22-9-6-16/h1-4,12-13,16H,5-11H2. The van der Waals surface area contributed by atoms with Crippen LogP contribution in [0.3, 0.4) is 0 Å². The van der Waals surface area contributed by atoms with Crippen molar-refractivity contribution < 1.29 is 13.4 Å². The first-order valence-electron chi connectivity index (χ1n) is 8.57. The van der Waals surface area contributed by atoms with Crippen LogP contribution in [0.25, 0.3) is 0 Å². The summed E-state index contributed by atoms with van der Waals surface area (Å²) in [4.78, 5) is 0.656. The molecular formula is C20H21FO2S. The van der Waals surface area contributed by atoms with Crippen LogP contribution in [0, 0.1) is 0 Å². The van der Waals surface area contributed by atoms with Gasteiger partial charge in [-0.3, -0.25) is 0 Å². The summed E-state index contributed by atoms with van der Waals surface area (Å²) < 4.78 is 24.0. The smallest absolute Gasteiger partial charge is 0.126 e. The molecule has 24 heavy (non-hydrogen) atoms. The number of hydrogen-bond donors (Lipinski definition) is 0. The zero-order chi connectivity index (χ0) is 16.4. The summed E-state index contributed by atoms with van der Waals surface area (Å²) in [6.07, 6.45) is 4.01. The predicted octanol–water partition coefficient (Wildman–Crippen LogP) is 5.08. The van der Waals surface area contributed by atoms with Crippen LogP contribution in [0.4, 0.5) is 3.89 Å². The summed E-state index contributed by atoms with van der Waals surface area (Å²) in [5.41, 5.74) is 5.23. The minimum Gasteiger partial charge on any atom is -0.493 e. The quantitative estimate of drug-likeness (QED) is 0.770. The van der Waals surface area contributed by atoms with Crippen LogP contribution < -0.4 is 4.74 Å². The van der Waals surface area contributed by atoms with Gasteiger partial charge in [-0.25, -0.2) is 0 Å². The molecule has 0 aromatic heterocycles. The highest BCUT2D eigenvalue weighted by Crippen LogP contribution is 2.40. The van der Waals surface area contributed by atoms with E-state index in [1.165, 1.54) is 22.3 Å². The predicted molar refractivity (Wildman–Crippen MR) is 94.6 cm³/mol. The normalized spacial score (nSPS) is 17.5. The van der Waals surface area contributed by atoms with Gasteiger partial charge in [0.2, 0.25) is 0 Å². The monoisotopic (exact) mass is 344 g/mol. The van der Waals surface area contributed by atoms with Crippen molar-refractivity contribution in [2.45, 2.75) is 36.5 Å². The molecule has 2 aliphatic rings. The first kappa shape index (κ1) is 16.0. The number of rotatable bonds is 4. The van der Waals surface area contributed by atoms with E-state index in [-0.39, 0.29) is 0 Å². The number of hydrogen-bond acceptors (Lipinski definition) is 3. The summed E-state index contributed by atoms with van der Waals surface area (Å²) in [6.45, 7) is 2.47. The van der Waals surface area contributed by atoms with E-state index in [1.54, 1.807) is 0 Å². The highest BCUT2D eigenvalue weighted by atomic mass is 32.2. The van der Waals surface area contributed by atoms with Gasteiger partial charge in [0.25, 0.3) is 0 Å². The number of ether oxygens (including phenoxy) is 2. The molecule has 2 aliphatic heterocycles. The van der Waals surface area contributed by atoms with Crippen LogP contribution in [-0.2, 0) is 17.6 Å². The molecule has 2 heterocycles. The molecule has 0 bridgehead atoms. The van der Waals surface area contributed by atoms with E-state index < -0.39 is 0 Å². The molecule has 1 fully saturated rings. The van der Waals surface area contributed by atoms with Crippen molar-refractivity contribution in [2.75, 3.05) is 19.8 Å². The van der Waals surface area contributed by atoms with Crippen LogP contribution >= 0.6 is 12.1 Å². The van der Waals surface area contributed by atoms with Crippen molar-refractivity contribution >= 4 is 12.1 Å². The number of halogens is 1. The van der Waals surface area contributed by atoms with Crippen molar-refractivity contribution in [1.29, 1.82) is 0 Å². The van der Waals surface area contributed by atoms with Gasteiger partial charge in [-0.2, -0.15) is 3.89 Å². The zero-order valence-electron chi connectivity index (χ0n) is 13.6. The van der Waals surface area contributed by atoms with Crippen molar-refractivity contribution in [3.05, 3.63) is 58.7 Å². The Bertz CT molecular complexity index is 708. The molecule has 0 amide bonds. The molecular weight excluding hydrogens is 323 g/mol.